The van der Waals surface area contributed by atoms with E-state index >= 15 is 0 Å². The maximum absolute atomic E-state index is 12.3. The summed E-state index contributed by atoms with van der Waals surface area (Å²) in [4.78, 5) is 18.3. The summed E-state index contributed by atoms with van der Waals surface area (Å²) >= 11 is 0. The highest BCUT2D eigenvalue weighted by molar-refractivity contribution is 5.79. The van der Waals surface area contributed by atoms with Crippen LogP contribution in [0.1, 0.15) is 24.8 Å². The molecule has 0 bridgehead atoms. The van der Waals surface area contributed by atoms with Crippen molar-refractivity contribution in [2.75, 3.05) is 13.1 Å². The number of nitrogens with two attached hydrogens (primary N) is 1. The van der Waals surface area contributed by atoms with E-state index in [1.165, 1.54) is 6.42 Å². The molecule has 1 aromatic heterocycles. The van der Waals surface area contributed by atoms with Gasteiger partial charge in [-0.2, -0.15) is 0 Å². The van der Waals surface area contributed by atoms with Gasteiger partial charge in [-0.1, -0.05) is 0 Å². The SMILES string of the molecule is NC1CC[C@@H]2CN(C(=O)Cc3ccncc3)C[C@@H]2C1. The van der Waals surface area contributed by atoms with E-state index in [1.54, 1.807) is 12.4 Å². The number of likely N-dealkylation sites (tertiary alicyclic amines) is 1. The maximum atomic E-state index is 12.3. The van der Waals surface area contributed by atoms with Gasteiger partial charge in [-0.15, -0.1) is 0 Å². The van der Waals surface area contributed by atoms with Crippen LogP contribution in [0.25, 0.3) is 0 Å². The van der Waals surface area contributed by atoms with Gasteiger partial charge >= 0.3 is 0 Å². The molecule has 2 heterocycles. The summed E-state index contributed by atoms with van der Waals surface area (Å²) in [6.45, 7) is 1.84. The third-order valence-electron chi connectivity index (χ3n) is 4.55. The summed E-state index contributed by atoms with van der Waals surface area (Å²) < 4.78 is 0. The molecule has 0 aromatic carbocycles. The first-order chi connectivity index (χ1) is 9.22. The Morgan fingerprint density at radius 3 is 2.79 bits per heavy atom. The highest BCUT2D eigenvalue weighted by Crippen LogP contribution is 2.35. The fraction of sp³-hybridized carbons (Fsp3) is 0.600. The van der Waals surface area contributed by atoms with Crippen molar-refractivity contribution in [1.29, 1.82) is 0 Å². The number of amides is 1. The van der Waals surface area contributed by atoms with Crippen LogP contribution in [0.4, 0.5) is 0 Å². The molecule has 2 aliphatic rings. The number of rotatable bonds is 2. The molecule has 0 radical (unpaired) electrons. The number of nitrogens with zero attached hydrogens (tertiary/aromatic N) is 2. The smallest absolute Gasteiger partial charge is 0.227 e. The zero-order chi connectivity index (χ0) is 13.2. The molecule has 1 aromatic rings. The molecule has 19 heavy (non-hydrogen) atoms. The van der Waals surface area contributed by atoms with Crippen LogP contribution in [-0.2, 0) is 11.2 Å². The number of fused-ring (bicyclic) bond motifs is 1. The maximum Gasteiger partial charge on any atom is 0.227 e. The standard InChI is InChI=1S/C15H21N3O/c16-14-2-1-12-9-18(10-13(12)8-14)15(19)7-11-3-5-17-6-4-11/h3-6,12-14H,1-2,7-10,16H2/t12-,13+,14?/m1/s1. The molecule has 3 atom stereocenters. The molecule has 0 spiro atoms. The van der Waals surface area contributed by atoms with Gasteiger partial charge in [-0.3, -0.25) is 9.78 Å². The lowest BCUT2D eigenvalue weighted by molar-refractivity contribution is -0.129. The summed E-state index contributed by atoms with van der Waals surface area (Å²) in [5.41, 5.74) is 7.07. The first-order valence-corrected chi connectivity index (χ1v) is 7.14. The molecule has 1 amide bonds. The first kappa shape index (κ1) is 12.6. The van der Waals surface area contributed by atoms with Gasteiger partial charge < -0.3 is 10.6 Å². The molecule has 1 aliphatic carbocycles. The molecule has 3 rings (SSSR count). The Morgan fingerprint density at radius 2 is 2.00 bits per heavy atom. The summed E-state index contributed by atoms with van der Waals surface area (Å²) in [5, 5.41) is 0. The predicted molar refractivity (Wildman–Crippen MR) is 73.3 cm³/mol. The number of carbonyl (C=O) groups excluding carboxylic acids is 1. The van der Waals surface area contributed by atoms with Gasteiger partial charge in [0, 0.05) is 31.5 Å². The van der Waals surface area contributed by atoms with E-state index in [0.717, 1.165) is 31.5 Å². The van der Waals surface area contributed by atoms with Crippen LogP contribution in [0.15, 0.2) is 24.5 Å². The molecule has 102 valence electrons. The minimum atomic E-state index is 0.245. The Balaban J connectivity index is 1.60. The Kier molecular flexibility index (Phi) is 3.51. The number of hydrogen-bond donors (Lipinski definition) is 1. The van der Waals surface area contributed by atoms with Crippen molar-refractivity contribution in [3.05, 3.63) is 30.1 Å². The molecule has 4 nitrogen and oxygen atoms in total. The van der Waals surface area contributed by atoms with Crippen LogP contribution >= 0.6 is 0 Å². The summed E-state index contributed by atoms with van der Waals surface area (Å²) in [7, 11) is 0. The normalized spacial score (nSPS) is 30.2. The molecule has 1 aliphatic heterocycles. The van der Waals surface area contributed by atoms with E-state index in [9.17, 15) is 4.79 Å². The lowest BCUT2D eigenvalue weighted by atomic mass is 9.79. The van der Waals surface area contributed by atoms with Gasteiger partial charge in [0.25, 0.3) is 0 Å². The highest BCUT2D eigenvalue weighted by Gasteiger charge is 2.38. The van der Waals surface area contributed by atoms with Crippen molar-refractivity contribution in [3.63, 3.8) is 0 Å². The Morgan fingerprint density at radius 1 is 1.26 bits per heavy atom. The summed E-state index contributed by atoms with van der Waals surface area (Å²) in [6.07, 6.45) is 7.37. The monoisotopic (exact) mass is 259 g/mol. The minimum Gasteiger partial charge on any atom is -0.342 e. The zero-order valence-corrected chi connectivity index (χ0v) is 11.2. The molecule has 1 saturated heterocycles. The average molecular weight is 259 g/mol. The molecule has 2 N–H and O–H groups in total. The van der Waals surface area contributed by atoms with Gasteiger partial charge in [0.05, 0.1) is 6.42 Å². The number of carbonyl (C=O) groups is 1. The Bertz CT molecular complexity index is 448. The molecule has 2 fully saturated rings. The van der Waals surface area contributed by atoms with Crippen molar-refractivity contribution in [2.24, 2.45) is 17.6 Å². The van der Waals surface area contributed by atoms with Crippen LogP contribution in [0.5, 0.6) is 0 Å². The summed E-state index contributed by atoms with van der Waals surface area (Å²) in [5.74, 6) is 1.56. The summed E-state index contributed by atoms with van der Waals surface area (Å²) in [6, 6.07) is 4.17. The van der Waals surface area contributed by atoms with Gasteiger partial charge in [-0.25, -0.2) is 0 Å². The Labute approximate surface area is 114 Å². The third-order valence-corrected chi connectivity index (χ3v) is 4.55. The van der Waals surface area contributed by atoms with Crippen LogP contribution in [-0.4, -0.2) is 34.9 Å². The number of pyridine rings is 1. The minimum absolute atomic E-state index is 0.245. The second kappa shape index (κ2) is 5.29. The van der Waals surface area contributed by atoms with Crippen molar-refractivity contribution >= 4 is 5.91 Å². The highest BCUT2D eigenvalue weighted by atomic mass is 16.2. The van der Waals surface area contributed by atoms with Crippen LogP contribution in [0.2, 0.25) is 0 Å². The Hall–Kier alpha value is -1.42. The first-order valence-electron chi connectivity index (χ1n) is 7.14. The van der Waals surface area contributed by atoms with Crippen molar-refractivity contribution in [2.45, 2.75) is 31.7 Å². The van der Waals surface area contributed by atoms with E-state index in [0.29, 0.717) is 24.3 Å². The van der Waals surface area contributed by atoms with Crippen LogP contribution in [0, 0.1) is 11.8 Å². The number of aromatic nitrogens is 1. The van der Waals surface area contributed by atoms with Crippen LogP contribution in [0.3, 0.4) is 0 Å². The second-order valence-electron chi connectivity index (χ2n) is 5.92. The van der Waals surface area contributed by atoms with E-state index in [1.807, 2.05) is 17.0 Å². The topological polar surface area (TPSA) is 59.2 Å². The van der Waals surface area contributed by atoms with Gasteiger partial charge in [0.15, 0.2) is 0 Å². The van der Waals surface area contributed by atoms with E-state index in [-0.39, 0.29) is 5.91 Å². The molecule has 1 unspecified atom stereocenters. The average Bonchev–Trinajstić information content (AvgIpc) is 2.83. The molecular weight excluding hydrogens is 238 g/mol. The van der Waals surface area contributed by atoms with Crippen molar-refractivity contribution in [1.82, 2.24) is 9.88 Å². The largest absolute Gasteiger partial charge is 0.342 e. The fourth-order valence-corrected chi connectivity index (χ4v) is 3.46. The van der Waals surface area contributed by atoms with E-state index in [4.69, 9.17) is 5.73 Å². The van der Waals surface area contributed by atoms with E-state index in [2.05, 4.69) is 4.98 Å². The van der Waals surface area contributed by atoms with Gasteiger partial charge in [0.2, 0.25) is 5.91 Å². The fourth-order valence-electron chi connectivity index (χ4n) is 3.46. The van der Waals surface area contributed by atoms with E-state index < -0.39 is 0 Å². The lowest BCUT2D eigenvalue weighted by Gasteiger charge is -2.27. The van der Waals surface area contributed by atoms with Crippen molar-refractivity contribution in [3.8, 4) is 0 Å². The molecule has 4 heteroatoms. The third kappa shape index (κ3) is 2.78. The lowest BCUT2D eigenvalue weighted by Crippen LogP contribution is -2.32. The van der Waals surface area contributed by atoms with Gasteiger partial charge in [0.1, 0.15) is 0 Å². The van der Waals surface area contributed by atoms with Crippen molar-refractivity contribution < 1.29 is 4.79 Å². The zero-order valence-electron chi connectivity index (χ0n) is 11.2. The predicted octanol–water partition coefficient (Wildman–Crippen LogP) is 1.21. The van der Waals surface area contributed by atoms with Gasteiger partial charge in [-0.05, 0) is 48.8 Å². The van der Waals surface area contributed by atoms with Crippen LogP contribution < -0.4 is 5.73 Å². The number of hydrogen-bond acceptors (Lipinski definition) is 3. The molecular formula is C15H21N3O. The molecule has 1 saturated carbocycles. The second-order valence-corrected chi connectivity index (χ2v) is 5.92. The quantitative estimate of drug-likeness (QED) is 0.868.